The van der Waals surface area contributed by atoms with Crippen molar-refractivity contribution in [3.63, 3.8) is 0 Å². The summed E-state index contributed by atoms with van der Waals surface area (Å²) in [5.74, 6) is 1.58. The Morgan fingerprint density at radius 1 is 1.03 bits per heavy atom. The van der Waals surface area contributed by atoms with Gasteiger partial charge in [0.1, 0.15) is 5.82 Å². The second-order valence-electron chi connectivity index (χ2n) is 8.88. The van der Waals surface area contributed by atoms with E-state index in [1.54, 1.807) is 7.11 Å². The Hall–Kier alpha value is -3.62. The van der Waals surface area contributed by atoms with Gasteiger partial charge in [-0.15, -0.1) is 0 Å². The highest BCUT2D eigenvalue weighted by molar-refractivity contribution is 5.76. The summed E-state index contributed by atoms with van der Waals surface area (Å²) in [5.41, 5.74) is 7.73. The second-order valence-corrected chi connectivity index (χ2v) is 8.88. The van der Waals surface area contributed by atoms with E-state index in [9.17, 15) is 5.11 Å². The molecule has 1 aromatic carbocycles. The molecule has 174 valence electrons. The topological polar surface area (TPSA) is 87.0 Å². The van der Waals surface area contributed by atoms with Gasteiger partial charge in [0.25, 0.3) is 0 Å². The van der Waals surface area contributed by atoms with Gasteiger partial charge in [-0.3, -0.25) is 4.40 Å². The van der Waals surface area contributed by atoms with Crippen molar-refractivity contribution in [1.29, 1.82) is 0 Å². The molecule has 2 aliphatic rings. The van der Waals surface area contributed by atoms with E-state index in [1.807, 2.05) is 36.8 Å². The van der Waals surface area contributed by atoms with Gasteiger partial charge >= 0.3 is 0 Å². The van der Waals surface area contributed by atoms with Crippen LogP contribution in [0.4, 0.5) is 17.2 Å². The average molecular weight is 457 g/mol. The van der Waals surface area contributed by atoms with Crippen molar-refractivity contribution in [1.82, 2.24) is 19.7 Å². The first-order valence-electron chi connectivity index (χ1n) is 11.7. The molecule has 2 aliphatic heterocycles. The molecule has 0 bridgehead atoms. The molecule has 0 spiro atoms. The number of ether oxygens (including phenoxy) is 1. The maximum atomic E-state index is 9.75. The third-order valence-electron chi connectivity index (χ3n) is 6.87. The van der Waals surface area contributed by atoms with Crippen LogP contribution < -0.4 is 20.3 Å². The van der Waals surface area contributed by atoms with Crippen molar-refractivity contribution < 1.29 is 9.84 Å². The number of pyridine rings is 2. The first-order chi connectivity index (χ1) is 16.7. The van der Waals surface area contributed by atoms with E-state index in [0.717, 1.165) is 73.3 Å². The Morgan fingerprint density at radius 2 is 1.88 bits per heavy atom. The minimum atomic E-state index is -0.175. The number of hydrogen-bond donors (Lipinski definition) is 3. The minimum Gasteiger partial charge on any atom is -0.493 e. The zero-order valence-corrected chi connectivity index (χ0v) is 19.2. The molecular weight excluding hydrogens is 428 g/mol. The van der Waals surface area contributed by atoms with Crippen molar-refractivity contribution in [2.75, 3.05) is 30.4 Å². The van der Waals surface area contributed by atoms with Gasteiger partial charge in [0.15, 0.2) is 11.4 Å². The molecule has 0 atom stereocenters. The summed E-state index contributed by atoms with van der Waals surface area (Å²) in [6.45, 7) is 3.35. The number of piperidine rings is 1. The minimum absolute atomic E-state index is 0.175. The smallest absolute Gasteiger partial charge is 0.180 e. The normalized spacial score (nSPS) is 16.1. The third kappa shape index (κ3) is 3.65. The van der Waals surface area contributed by atoms with Crippen LogP contribution in [0.1, 0.15) is 24.0 Å². The van der Waals surface area contributed by atoms with E-state index in [2.05, 4.69) is 48.1 Å². The van der Waals surface area contributed by atoms with Gasteiger partial charge in [0, 0.05) is 43.6 Å². The Balaban J connectivity index is 1.28. The van der Waals surface area contributed by atoms with Gasteiger partial charge in [-0.1, -0.05) is 6.07 Å². The van der Waals surface area contributed by atoms with Gasteiger partial charge in [0.05, 0.1) is 37.0 Å². The molecule has 0 amide bonds. The van der Waals surface area contributed by atoms with Gasteiger partial charge in [-0.05, 0) is 54.3 Å². The zero-order valence-electron chi connectivity index (χ0n) is 19.2. The number of fused-ring (bicyclic) bond motifs is 2. The zero-order chi connectivity index (χ0) is 23.1. The van der Waals surface area contributed by atoms with Crippen LogP contribution in [0.3, 0.4) is 0 Å². The van der Waals surface area contributed by atoms with Crippen molar-refractivity contribution in [2.24, 2.45) is 0 Å². The number of anilines is 3. The number of aliphatic hydroxyl groups is 1. The Labute approximate surface area is 198 Å². The molecule has 0 unspecified atom stereocenters. The number of aliphatic hydroxyl groups excluding tert-OH is 1. The molecule has 3 N–H and O–H groups in total. The fourth-order valence-corrected chi connectivity index (χ4v) is 5.02. The summed E-state index contributed by atoms with van der Waals surface area (Å²) in [4.78, 5) is 11.6. The number of methoxy groups -OCH3 is 1. The molecule has 34 heavy (non-hydrogen) atoms. The summed E-state index contributed by atoms with van der Waals surface area (Å²) in [6.07, 6.45) is 7.30. The summed E-state index contributed by atoms with van der Waals surface area (Å²) in [7, 11) is 1.67. The molecule has 0 aliphatic carbocycles. The number of imidazole rings is 1. The molecule has 8 heteroatoms. The van der Waals surface area contributed by atoms with Crippen molar-refractivity contribution in [3.05, 3.63) is 66.1 Å². The van der Waals surface area contributed by atoms with Crippen LogP contribution in [0, 0.1) is 0 Å². The fraction of sp³-hybridized carbons (Fsp3) is 0.308. The highest BCUT2D eigenvalue weighted by Crippen LogP contribution is 2.36. The molecule has 8 nitrogen and oxygen atoms in total. The maximum Gasteiger partial charge on any atom is 0.180 e. The first-order valence-corrected chi connectivity index (χ1v) is 11.7. The average Bonchev–Trinajstić information content (AvgIpc) is 3.53. The van der Waals surface area contributed by atoms with Gasteiger partial charge < -0.3 is 25.4 Å². The Kier molecular flexibility index (Phi) is 5.31. The molecular formula is C26H28N6O2. The Morgan fingerprint density at radius 3 is 2.68 bits per heavy atom. The lowest BCUT2D eigenvalue weighted by molar-refractivity contribution is 0.145. The number of rotatable bonds is 5. The molecule has 5 heterocycles. The lowest BCUT2D eigenvalue weighted by atomic mass is 9.99. The van der Waals surface area contributed by atoms with Gasteiger partial charge in [0.2, 0.25) is 0 Å². The molecule has 0 saturated carbocycles. The summed E-state index contributed by atoms with van der Waals surface area (Å²) >= 11 is 0. The molecule has 1 fully saturated rings. The molecule has 4 aromatic rings. The third-order valence-corrected chi connectivity index (χ3v) is 6.87. The summed E-state index contributed by atoms with van der Waals surface area (Å²) in [6, 6.07) is 12.3. The predicted octanol–water partition coefficient (Wildman–Crippen LogP) is 3.71. The molecule has 0 radical (unpaired) electrons. The number of nitrogens with zero attached hydrogens (tertiary/aromatic N) is 4. The van der Waals surface area contributed by atoms with E-state index in [0.29, 0.717) is 0 Å². The van der Waals surface area contributed by atoms with Gasteiger partial charge in [-0.2, -0.15) is 0 Å². The van der Waals surface area contributed by atoms with E-state index >= 15 is 0 Å². The number of benzene rings is 1. The van der Waals surface area contributed by atoms with Crippen LogP contribution in [0.2, 0.25) is 0 Å². The number of hydrogen-bond acceptors (Lipinski definition) is 7. The lowest BCUT2D eigenvalue weighted by Gasteiger charge is -2.31. The van der Waals surface area contributed by atoms with Crippen molar-refractivity contribution >= 4 is 22.8 Å². The summed E-state index contributed by atoms with van der Waals surface area (Å²) < 4.78 is 7.56. The quantitative estimate of drug-likeness (QED) is 0.422. The second kappa shape index (κ2) is 8.62. The van der Waals surface area contributed by atoms with Crippen LogP contribution in [-0.2, 0) is 13.1 Å². The van der Waals surface area contributed by atoms with Gasteiger partial charge in [-0.25, -0.2) is 9.97 Å². The Bertz CT molecular complexity index is 1330. The van der Waals surface area contributed by atoms with Crippen LogP contribution >= 0.6 is 0 Å². The SMILES string of the molecule is COc1cccn2c(-c3ccc(Nc4ccc(N5CCC(O)CC5)cn4)c4c3CNC4)cnc12. The van der Waals surface area contributed by atoms with E-state index in [1.165, 1.54) is 16.7 Å². The molecule has 6 rings (SSSR count). The van der Waals surface area contributed by atoms with Crippen molar-refractivity contribution in [2.45, 2.75) is 32.0 Å². The molecule has 3 aromatic heterocycles. The van der Waals surface area contributed by atoms with E-state index in [4.69, 9.17) is 4.74 Å². The number of nitrogens with one attached hydrogen (secondary N) is 2. The van der Waals surface area contributed by atoms with Crippen LogP contribution in [0.25, 0.3) is 16.9 Å². The fourth-order valence-electron chi connectivity index (χ4n) is 5.02. The lowest BCUT2D eigenvalue weighted by Crippen LogP contribution is -2.35. The van der Waals surface area contributed by atoms with Crippen LogP contribution in [0.15, 0.2) is 55.0 Å². The first kappa shape index (κ1) is 20.9. The van der Waals surface area contributed by atoms with Crippen LogP contribution in [0.5, 0.6) is 5.75 Å². The predicted molar refractivity (Wildman–Crippen MR) is 133 cm³/mol. The van der Waals surface area contributed by atoms with E-state index < -0.39 is 0 Å². The monoisotopic (exact) mass is 456 g/mol. The van der Waals surface area contributed by atoms with Crippen molar-refractivity contribution in [3.8, 4) is 17.0 Å². The maximum absolute atomic E-state index is 9.75. The standard InChI is InChI=1S/C26H28N6O2/c1-34-24-3-2-10-32-23(16-29-26(24)32)19-5-6-22(21-15-27-14-20(19)21)30-25-7-4-17(13-28-25)31-11-8-18(33)9-12-31/h2-7,10,13,16,18,27,33H,8-9,11-12,14-15H2,1H3,(H,28,30). The van der Waals surface area contributed by atoms with Crippen LogP contribution in [-0.4, -0.2) is 45.8 Å². The highest BCUT2D eigenvalue weighted by Gasteiger charge is 2.22. The summed E-state index contributed by atoms with van der Waals surface area (Å²) in [5, 5.41) is 16.8. The van der Waals surface area contributed by atoms with E-state index in [-0.39, 0.29) is 6.10 Å². The largest absolute Gasteiger partial charge is 0.493 e. The highest BCUT2D eigenvalue weighted by atomic mass is 16.5. The number of aromatic nitrogens is 3. The molecule has 1 saturated heterocycles.